The van der Waals surface area contributed by atoms with E-state index in [1.807, 2.05) is 32.0 Å². The van der Waals surface area contributed by atoms with Crippen molar-refractivity contribution in [3.8, 4) is 5.75 Å². The summed E-state index contributed by atoms with van der Waals surface area (Å²) in [5.41, 5.74) is 2.39. The minimum Gasteiger partial charge on any atom is -0.410 e. The molecule has 0 saturated heterocycles. The van der Waals surface area contributed by atoms with Crippen LogP contribution in [0.3, 0.4) is 0 Å². The van der Waals surface area contributed by atoms with Gasteiger partial charge in [0.25, 0.3) is 0 Å². The highest BCUT2D eigenvalue weighted by molar-refractivity contribution is 5.86. The van der Waals surface area contributed by atoms with Gasteiger partial charge in [-0.05, 0) is 38.1 Å². The van der Waals surface area contributed by atoms with E-state index in [9.17, 15) is 4.79 Å². The first-order valence-electron chi connectivity index (χ1n) is 5.62. The lowest BCUT2D eigenvalue weighted by atomic mass is 10.3. The summed E-state index contributed by atoms with van der Waals surface area (Å²) in [6.07, 6.45) is -0.508. The molecule has 0 saturated carbocycles. The van der Waals surface area contributed by atoms with E-state index in [2.05, 4.69) is 10.3 Å². The number of rotatable bonds is 2. The van der Waals surface area contributed by atoms with Crippen LogP contribution in [0.2, 0.25) is 0 Å². The highest BCUT2D eigenvalue weighted by Crippen LogP contribution is 2.13. The maximum Gasteiger partial charge on any atom is 0.417 e. The van der Waals surface area contributed by atoms with Gasteiger partial charge in [-0.15, -0.1) is 0 Å². The predicted molar refractivity (Wildman–Crippen MR) is 69.8 cm³/mol. The summed E-state index contributed by atoms with van der Waals surface area (Å²) in [4.78, 5) is 15.9. The molecule has 0 fully saturated rings. The molecule has 1 aromatic heterocycles. The van der Waals surface area contributed by atoms with Crippen molar-refractivity contribution in [2.75, 3.05) is 5.32 Å². The van der Waals surface area contributed by atoms with E-state index < -0.39 is 6.09 Å². The number of hydrogen-bond acceptors (Lipinski definition) is 3. The van der Waals surface area contributed by atoms with Crippen LogP contribution in [-0.2, 0) is 0 Å². The molecule has 92 valence electrons. The number of amides is 1. The van der Waals surface area contributed by atoms with Crippen molar-refractivity contribution >= 4 is 11.8 Å². The minimum absolute atomic E-state index is 0.508. The van der Waals surface area contributed by atoms with Crippen LogP contribution >= 0.6 is 0 Å². The number of ether oxygens (including phenoxy) is 1. The Hall–Kier alpha value is -2.36. The fourth-order valence-corrected chi connectivity index (χ4v) is 1.65. The van der Waals surface area contributed by atoms with E-state index in [1.165, 1.54) is 0 Å². The Morgan fingerprint density at radius 1 is 1.11 bits per heavy atom. The maximum atomic E-state index is 11.7. The molecular weight excluding hydrogens is 228 g/mol. The molecule has 2 aromatic rings. The Balaban J connectivity index is 2.03. The first kappa shape index (κ1) is 12.1. The fraction of sp³-hybridized carbons (Fsp3) is 0.143. The Bertz CT molecular complexity index is 533. The van der Waals surface area contributed by atoms with Crippen LogP contribution in [0, 0.1) is 13.8 Å². The van der Waals surface area contributed by atoms with Gasteiger partial charge in [-0.25, -0.2) is 4.79 Å². The van der Waals surface area contributed by atoms with Gasteiger partial charge in [0, 0.05) is 17.1 Å². The van der Waals surface area contributed by atoms with Gasteiger partial charge in [0.05, 0.1) is 0 Å². The molecule has 18 heavy (non-hydrogen) atoms. The fourth-order valence-electron chi connectivity index (χ4n) is 1.65. The van der Waals surface area contributed by atoms with E-state index in [-0.39, 0.29) is 0 Å². The summed E-state index contributed by atoms with van der Waals surface area (Å²) in [7, 11) is 0. The molecule has 4 heteroatoms. The lowest BCUT2D eigenvalue weighted by Gasteiger charge is -2.07. The molecule has 1 N–H and O–H groups in total. The van der Waals surface area contributed by atoms with Crippen molar-refractivity contribution in [2.24, 2.45) is 0 Å². The van der Waals surface area contributed by atoms with E-state index in [4.69, 9.17) is 4.74 Å². The molecule has 0 unspecified atom stereocenters. The Morgan fingerprint density at radius 3 is 2.33 bits per heavy atom. The average molecular weight is 242 g/mol. The van der Waals surface area contributed by atoms with Crippen molar-refractivity contribution in [3.05, 3.63) is 53.9 Å². The average Bonchev–Trinajstić information content (AvgIpc) is 2.28. The van der Waals surface area contributed by atoms with E-state index in [0.717, 1.165) is 11.4 Å². The lowest BCUT2D eigenvalue weighted by Crippen LogP contribution is -2.17. The van der Waals surface area contributed by atoms with Gasteiger partial charge >= 0.3 is 6.09 Å². The molecular formula is C14H14N2O2. The topological polar surface area (TPSA) is 51.2 Å². The molecule has 0 aliphatic rings. The molecule has 0 bridgehead atoms. The summed E-state index contributed by atoms with van der Waals surface area (Å²) >= 11 is 0. The van der Waals surface area contributed by atoms with Gasteiger partial charge in [-0.1, -0.05) is 18.2 Å². The summed E-state index contributed by atoms with van der Waals surface area (Å²) in [5, 5.41) is 2.67. The molecule has 1 aromatic carbocycles. The van der Waals surface area contributed by atoms with Gasteiger partial charge in [-0.2, -0.15) is 0 Å². The third-order valence-electron chi connectivity index (χ3n) is 2.28. The number of aryl methyl sites for hydroxylation is 2. The molecule has 2 rings (SSSR count). The summed E-state index contributed by atoms with van der Waals surface area (Å²) in [6, 6.07) is 12.5. The van der Waals surface area contributed by atoms with Gasteiger partial charge in [-0.3, -0.25) is 10.3 Å². The van der Waals surface area contributed by atoms with Crippen LogP contribution in [0.4, 0.5) is 10.5 Å². The quantitative estimate of drug-likeness (QED) is 0.879. The zero-order valence-electron chi connectivity index (χ0n) is 10.3. The highest BCUT2D eigenvalue weighted by Gasteiger charge is 2.05. The standard InChI is InChI=1S/C14H14N2O2/c1-10-8-12(9-11(2)15-10)16-14(17)18-13-6-4-3-5-7-13/h3-9H,1-2H3,(H,15,16,17). The molecule has 0 aliphatic carbocycles. The van der Waals surface area contributed by atoms with Crippen LogP contribution in [0.15, 0.2) is 42.5 Å². The molecule has 0 radical (unpaired) electrons. The molecule has 1 heterocycles. The second kappa shape index (κ2) is 5.31. The van der Waals surface area contributed by atoms with Gasteiger partial charge in [0.15, 0.2) is 0 Å². The number of pyridine rings is 1. The van der Waals surface area contributed by atoms with E-state index in [1.54, 1.807) is 24.3 Å². The molecule has 4 nitrogen and oxygen atoms in total. The van der Waals surface area contributed by atoms with Gasteiger partial charge < -0.3 is 4.74 Å². The van der Waals surface area contributed by atoms with E-state index >= 15 is 0 Å². The van der Waals surface area contributed by atoms with Crippen molar-refractivity contribution in [1.82, 2.24) is 4.98 Å². The third-order valence-corrected chi connectivity index (χ3v) is 2.28. The van der Waals surface area contributed by atoms with Crippen LogP contribution in [0.25, 0.3) is 0 Å². The Kier molecular flexibility index (Phi) is 3.57. The van der Waals surface area contributed by atoms with Gasteiger partial charge in [0.2, 0.25) is 0 Å². The number of benzene rings is 1. The lowest BCUT2D eigenvalue weighted by molar-refractivity contribution is 0.215. The summed E-state index contributed by atoms with van der Waals surface area (Å²) in [6.45, 7) is 3.75. The Labute approximate surface area is 106 Å². The van der Waals surface area contributed by atoms with Crippen LogP contribution in [0.5, 0.6) is 5.75 Å². The molecule has 0 aliphatic heterocycles. The monoisotopic (exact) mass is 242 g/mol. The normalized spacial score (nSPS) is 9.89. The second-order valence-corrected chi connectivity index (χ2v) is 3.97. The first-order valence-corrected chi connectivity index (χ1v) is 5.62. The van der Waals surface area contributed by atoms with E-state index in [0.29, 0.717) is 11.4 Å². The minimum atomic E-state index is -0.508. The highest BCUT2D eigenvalue weighted by atomic mass is 16.6. The molecule has 0 atom stereocenters. The van der Waals surface area contributed by atoms with Crippen LogP contribution < -0.4 is 10.1 Å². The second-order valence-electron chi connectivity index (χ2n) is 3.97. The number of nitrogens with zero attached hydrogens (tertiary/aromatic N) is 1. The maximum absolute atomic E-state index is 11.7. The van der Waals surface area contributed by atoms with Crippen molar-refractivity contribution in [2.45, 2.75) is 13.8 Å². The largest absolute Gasteiger partial charge is 0.417 e. The number of carbonyl (C=O) groups excluding carboxylic acids is 1. The molecule has 0 spiro atoms. The number of aromatic nitrogens is 1. The zero-order chi connectivity index (χ0) is 13.0. The number of anilines is 1. The number of nitrogens with one attached hydrogen (secondary N) is 1. The molecule has 1 amide bonds. The predicted octanol–water partition coefficient (Wildman–Crippen LogP) is 3.31. The number of carbonyl (C=O) groups is 1. The summed E-state index contributed by atoms with van der Waals surface area (Å²) < 4.78 is 5.13. The van der Waals surface area contributed by atoms with Crippen molar-refractivity contribution < 1.29 is 9.53 Å². The zero-order valence-corrected chi connectivity index (χ0v) is 10.3. The first-order chi connectivity index (χ1) is 8.63. The number of hydrogen-bond donors (Lipinski definition) is 1. The van der Waals surface area contributed by atoms with Crippen molar-refractivity contribution in [3.63, 3.8) is 0 Å². The SMILES string of the molecule is Cc1cc(NC(=O)Oc2ccccc2)cc(C)n1. The Morgan fingerprint density at radius 2 is 1.72 bits per heavy atom. The number of para-hydroxylation sites is 1. The third kappa shape index (κ3) is 3.31. The van der Waals surface area contributed by atoms with Crippen LogP contribution in [0.1, 0.15) is 11.4 Å². The smallest absolute Gasteiger partial charge is 0.410 e. The summed E-state index contributed by atoms with van der Waals surface area (Å²) in [5.74, 6) is 0.512. The van der Waals surface area contributed by atoms with Crippen LogP contribution in [-0.4, -0.2) is 11.1 Å². The van der Waals surface area contributed by atoms with Crippen molar-refractivity contribution in [1.29, 1.82) is 0 Å². The van der Waals surface area contributed by atoms with Gasteiger partial charge in [0.1, 0.15) is 5.75 Å².